The van der Waals surface area contributed by atoms with Gasteiger partial charge in [-0.1, -0.05) is 0 Å². The first-order chi connectivity index (χ1) is 14.6. The van der Waals surface area contributed by atoms with Crippen LogP contribution < -0.4 is 11.5 Å². The second-order valence-corrected chi connectivity index (χ2v) is 9.75. The van der Waals surface area contributed by atoms with Crippen LogP contribution in [0.3, 0.4) is 0 Å². The zero-order valence-corrected chi connectivity index (χ0v) is 17.6. The minimum absolute atomic E-state index is 0.0303. The van der Waals surface area contributed by atoms with Crippen molar-refractivity contribution in [1.82, 2.24) is 0 Å². The maximum absolute atomic E-state index is 13.5. The Kier molecular flexibility index (Phi) is 5.50. The van der Waals surface area contributed by atoms with E-state index in [0.29, 0.717) is 11.5 Å². The zero-order chi connectivity index (χ0) is 22.4. The Balaban J connectivity index is 1.53. The van der Waals surface area contributed by atoms with Gasteiger partial charge in [-0.15, -0.1) is 0 Å². The number of aliphatic imine (C=N–C) groups is 1. The van der Waals surface area contributed by atoms with Crippen molar-refractivity contribution in [3.8, 4) is 6.07 Å². The Hall–Kier alpha value is -2.53. The Morgan fingerprint density at radius 2 is 1.84 bits per heavy atom. The monoisotopic (exact) mass is 430 g/mol. The van der Waals surface area contributed by atoms with Gasteiger partial charge < -0.3 is 16.2 Å². The highest BCUT2D eigenvalue weighted by Gasteiger charge is 2.58. The molecular weight excluding hydrogens is 402 g/mol. The molecule has 4 N–H and O–H groups in total. The molecule has 3 unspecified atom stereocenters. The fraction of sp³-hybridized carbons (Fsp3) is 0.609. The summed E-state index contributed by atoms with van der Waals surface area (Å²) in [6.07, 6.45) is 4.30. The van der Waals surface area contributed by atoms with Gasteiger partial charge in [0, 0.05) is 11.5 Å². The van der Waals surface area contributed by atoms with Gasteiger partial charge in [-0.25, -0.2) is 8.78 Å². The number of halogens is 2. The van der Waals surface area contributed by atoms with E-state index in [0.717, 1.165) is 38.2 Å². The summed E-state index contributed by atoms with van der Waals surface area (Å²) in [5.41, 5.74) is 10.8. The highest BCUT2D eigenvalue weighted by molar-refractivity contribution is 5.89. The topological polar surface area (TPSA) is 114 Å². The SMILES string of the molecule is CC(CC#N)(OCc1cc(F)cc(F)c1)C(N)=NC1C2CC3CC1CC(C(N)=O)(C3)C2. The highest BCUT2D eigenvalue weighted by atomic mass is 19.1. The number of ether oxygens (including phenoxy) is 1. The predicted octanol–water partition coefficient (Wildman–Crippen LogP) is 3.19. The lowest BCUT2D eigenvalue weighted by Crippen LogP contribution is -2.58. The van der Waals surface area contributed by atoms with Gasteiger partial charge in [-0.05, 0) is 74.5 Å². The van der Waals surface area contributed by atoms with Gasteiger partial charge in [0.05, 0.1) is 25.1 Å². The van der Waals surface area contributed by atoms with Crippen LogP contribution in [0.4, 0.5) is 8.78 Å². The fourth-order valence-electron chi connectivity index (χ4n) is 6.11. The van der Waals surface area contributed by atoms with Gasteiger partial charge >= 0.3 is 0 Å². The highest BCUT2D eigenvalue weighted by Crippen LogP contribution is 2.60. The van der Waals surface area contributed by atoms with Gasteiger partial charge in [-0.2, -0.15) is 5.26 Å². The molecule has 0 aromatic heterocycles. The summed E-state index contributed by atoms with van der Waals surface area (Å²) in [7, 11) is 0. The molecule has 0 aliphatic heterocycles. The lowest BCUT2D eigenvalue weighted by molar-refractivity contribution is -0.144. The molecule has 5 rings (SSSR count). The molecule has 0 spiro atoms. The van der Waals surface area contributed by atoms with E-state index in [-0.39, 0.29) is 42.6 Å². The number of rotatable bonds is 7. The maximum atomic E-state index is 13.5. The summed E-state index contributed by atoms with van der Waals surface area (Å²) < 4.78 is 32.9. The Bertz CT molecular complexity index is 923. The van der Waals surface area contributed by atoms with E-state index in [1.54, 1.807) is 6.92 Å². The second kappa shape index (κ2) is 7.86. The first-order valence-electron chi connectivity index (χ1n) is 10.7. The van der Waals surface area contributed by atoms with Crippen molar-refractivity contribution in [1.29, 1.82) is 5.26 Å². The van der Waals surface area contributed by atoms with E-state index in [2.05, 4.69) is 6.07 Å². The third kappa shape index (κ3) is 4.03. The second-order valence-electron chi connectivity index (χ2n) is 9.75. The van der Waals surface area contributed by atoms with Crippen LogP contribution in [0.25, 0.3) is 0 Å². The number of amidine groups is 1. The third-order valence-corrected chi connectivity index (χ3v) is 7.47. The number of amides is 1. The average Bonchev–Trinajstić information content (AvgIpc) is 2.68. The van der Waals surface area contributed by atoms with E-state index in [1.807, 2.05) is 0 Å². The molecule has 6 nitrogen and oxygen atoms in total. The van der Waals surface area contributed by atoms with Crippen LogP contribution in [-0.2, 0) is 16.1 Å². The predicted molar refractivity (Wildman–Crippen MR) is 110 cm³/mol. The molecule has 1 aromatic rings. The minimum Gasteiger partial charge on any atom is -0.385 e. The van der Waals surface area contributed by atoms with E-state index in [9.17, 15) is 18.8 Å². The quantitative estimate of drug-likeness (QED) is 0.511. The van der Waals surface area contributed by atoms with E-state index >= 15 is 0 Å². The van der Waals surface area contributed by atoms with Gasteiger partial charge in [0.1, 0.15) is 23.1 Å². The Labute approximate surface area is 180 Å². The molecule has 1 amide bonds. The molecule has 4 aliphatic carbocycles. The number of hydrogen-bond donors (Lipinski definition) is 2. The summed E-state index contributed by atoms with van der Waals surface area (Å²) >= 11 is 0. The van der Waals surface area contributed by atoms with Crippen LogP contribution in [0, 0.1) is 46.1 Å². The van der Waals surface area contributed by atoms with Crippen LogP contribution in [-0.4, -0.2) is 23.4 Å². The molecule has 4 saturated carbocycles. The lowest BCUT2D eigenvalue weighted by atomic mass is 9.48. The van der Waals surface area contributed by atoms with Gasteiger partial charge in [0.15, 0.2) is 0 Å². The number of carbonyl (C=O) groups excluding carboxylic acids is 1. The molecule has 8 heteroatoms. The number of benzene rings is 1. The van der Waals surface area contributed by atoms with Crippen LogP contribution in [0.1, 0.15) is 51.0 Å². The number of primary amides is 1. The van der Waals surface area contributed by atoms with Crippen LogP contribution in [0.5, 0.6) is 0 Å². The third-order valence-electron chi connectivity index (χ3n) is 7.47. The van der Waals surface area contributed by atoms with Crippen molar-refractivity contribution >= 4 is 11.7 Å². The summed E-state index contributed by atoms with van der Waals surface area (Å²) in [6, 6.07) is 5.21. The molecule has 31 heavy (non-hydrogen) atoms. The summed E-state index contributed by atoms with van der Waals surface area (Å²) in [6.45, 7) is 1.57. The van der Waals surface area contributed by atoms with E-state index in [4.69, 9.17) is 21.2 Å². The normalized spacial score (nSPS) is 33.7. The molecule has 4 bridgehead atoms. The van der Waals surface area contributed by atoms with Crippen molar-refractivity contribution in [2.75, 3.05) is 0 Å². The average molecular weight is 430 g/mol. The van der Waals surface area contributed by atoms with E-state index < -0.39 is 22.7 Å². The molecule has 166 valence electrons. The number of nitrogens with two attached hydrogens (primary N) is 2. The number of nitriles is 1. The summed E-state index contributed by atoms with van der Waals surface area (Å²) in [5.74, 6) is -0.415. The molecule has 3 atom stereocenters. The first kappa shape index (κ1) is 21.7. The van der Waals surface area contributed by atoms with E-state index in [1.165, 1.54) is 12.1 Å². The molecule has 1 aromatic carbocycles. The zero-order valence-electron chi connectivity index (χ0n) is 17.6. The Morgan fingerprint density at radius 1 is 1.23 bits per heavy atom. The molecule has 4 fully saturated rings. The van der Waals surface area contributed by atoms with Crippen molar-refractivity contribution in [3.63, 3.8) is 0 Å². The van der Waals surface area contributed by atoms with Crippen molar-refractivity contribution in [2.24, 2.45) is 39.6 Å². The van der Waals surface area contributed by atoms with Crippen LogP contribution in [0.2, 0.25) is 0 Å². The largest absolute Gasteiger partial charge is 0.385 e. The standard InChI is InChI=1S/C23H28F2N4O2/c1-22(2-3-26,31-12-14-6-17(24)8-18(25)7-14)20(27)29-19-15-4-13-5-16(19)11-23(9-13,10-15)21(28)30/h6-8,13,15-16,19H,2,4-5,9-12H2,1H3,(H2,27,29)(H2,28,30). The first-order valence-corrected chi connectivity index (χ1v) is 10.7. The smallest absolute Gasteiger partial charge is 0.223 e. The molecule has 0 heterocycles. The number of hydrogen-bond acceptors (Lipinski definition) is 4. The van der Waals surface area contributed by atoms with Gasteiger partial charge in [-0.3, -0.25) is 9.79 Å². The van der Waals surface area contributed by atoms with Crippen molar-refractivity contribution in [2.45, 2.75) is 63.7 Å². The number of nitrogens with zero attached hydrogens (tertiary/aromatic N) is 2. The minimum atomic E-state index is -1.19. The van der Waals surface area contributed by atoms with Crippen molar-refractivity contribution in [3.05, 3.63) is 35.4 Å². The van der Waals surface area contributed by atoms with Crippen LogP contribution >= 0.6 is 0 Å². The molecule has 0 radical (unpaired) electrons. The van der Waals surface area contributed by atoms with Gasteiger partial charge in [0.2, 0.25) is 5.91 Å². The van der Waals surface area contributed by atoms with Crippen molar-refractivity contribution < 1.29 is 18.3 Å². The molecular formula is C23H28F2N4O2. The fourth-order valence-corrected chi connectivity index (χ4v) is 6.11. The lowest BCUT2D eigenvalue weighted by Gasteiger charge is -2.57. The molecule has 0 saturated heterocycles. The van der Waals surface area contributed by atoms with Crippen LogP contribution in [0.15, 0.2) is 23.2 Å². The molecule has 4 aliphatic rings. The summed E-state index contributed by atoms with van der Waals surface area (Å²) in [4.78, 5) is 17.0. The number of carbonyl (C=O) groups is 1. The summed E-state index contributed by atoms with van der Waals surface area (Å²) in [5, 5.41) is 9.33. The maximum Gasteiger partial charge on any atom is 0.223 e. The Morgan fingerprint density at radius 3 is 2.39 bits per heavy atom. The van der Waals surface area contributed by atoms with Gasteiger partial charge in [0.25, 0.3) is 0 Å².